The van der Waals surface area contributed by atoms with Crippen molar-refractivity contribution in [2.45, 2.75) is 52.5 Å². The Labute approximate surface area is 124 Å². The maximum Gasteiger partial charge on any atom is 0.0401 e. The zero-order chi connectivity index (χ0) is 14.4. The van der Waals surface area contributed by atoms with Gasteiger partial charge >= 0.3 is 0 Å². The second-order valence-electron chi connectivity index (χ2n) is 6.20. The molecule has 0 saturated heterocycles. The van der Waals surface area contributed by atoms with Crippen molar-refractivity contribution in [3.05, 3.63) is 29.8 Å². The topological polar surface area (TPSA) is 15.3 Å². The lowest BCUT2D eigenvalue weighted by Gasteiger charge is -2.35. The summed E-state index contributed by atoms with van der Waals surface area (Å²) in [5.41, 5.74) is 3.01. The van der Waals surface area contributed by atoms with Crippen molar-refractivity contribution in [1.29, 1.82) is 0 Å². The van der Waals surface area contributed by atoms with Gasteiger partial charge in [-0.2, -0.15) is 0 Å². The molecule has 1 aliphatic heterocycles. The zero-order valence-electron chi connectivity index (χ0n) is 13.4. The molecule has 112 valence electrons. The van der Waals surface area contributed by atoms with Gasteiger partial charge in [0.15, 0.2) is 0 Å². The molecule has 1 heterocycles. The van der Waals surface area contributed by atoms with E-state index in [4.69, 9.17) is 0 Å². The highest BCUT2D eigenvalue weighted by Crippen LogP contribution is 2.29. The number of hydrogen-bond donors (Lipinski definition) is 1. The molecule has 0 fully saturated rings. The predicted molar refractivity (Wildman–Crippen MR) is 88.5 cm³/mol. The fraction of sp³-hybridized carbons (Fsp3) is 0.667. The molecule has 0 spiro atoms. The highest BCUT2D eigenvalue weighted by atomic mass is 15.2. The zero-order valence-corrected chi connectivity index (χ0v) is 13.4. The summed E-state index contributed by atoms with van der Waals surface area (Å²) in [6.45, 7) is 10.4. The third-order valence-electron chi connectivity index (χ3n) is 4.60. The fourth-order valence-corrected chi connectivity index (χ4v) is 3.13. The van der Waals surface area contributed by atoms with E-state index in [0.29, 0.717) is 12.0 Å². The maximum atomic E-state index is 3.57. The van der Waals surface area contributed by atoms with Gasteiger partial charge in [0.25, 0.3) is 0 Å². The second-order valence-corrected chi connectivity index (χ2v) is 6.20. The minimum atomic E-state index is 0.596. The molecule has 0 aromatic heterocycles. The first kappa shape index (κ1) is 15.4. The van der Waals surface area contributed by atoms with E-state index in [1.807, 2.05) is 0 Å². The monoisotopic (exact) mass is 274 g/mol. The fourth-order valence-electron chi connectivity index (χ4n) is 3.13. The van der Waals surface area contributed by atoms with Gasteiger partial charge in [0.05, 0.1) is 0 Å². The van der Waals surface area contributed by atoms with E-state index in [-0.39, 0.29) is 0 Å². The molecule has 2 nitrogen and oxygen atoms in total. The van der Waals surface area contributed by atoms with E-state index >= 15 is 0 Å². The molecule has 0 saturated carbocycles. The largest absolute Gasteiger partial charge is 0.368 e. The van der Waals surface area contributed by atoms with Crippen molar-refractivity contribution >= 4 is 5.69 Å². The highest BCUT2D eigenvalue weighted by molar-refractivity contribution is 5.55. The van der Waals surface area contributed by atoms with E-state index in [9.17, 15) is 0 Å². The number of anilines is 1. The molecule has 0 radical (unpaired) electrons. The molecule has 2 atom stereocenters. The number of rotatable bonds is 6. The van der Waals surface area contributed by atoms with Gasteiger partial charge in [-0.1, -0.05) is 32.0 Å². The van der Waals surface area contributed by atoms with Crippen LogP contribution in [0.5, 0.6) is 0 Å². The lowest BCUT2D eigenvalue weighted by Crippen LogP contribution is -2.42. The van der Waals surface area contributed by atoms with Crippen molar-refractivity contribution in [2.75, 3.05) is 24.5 Å². The van der Waals surface area contributed by atoms with Gasteiger partial charge in [0.1, 0.15) is 0 Å². The number of nitrogens with zero attached hydrogens (tertiary/aromatic N) is 1. The molecule has 0 bridgehead atoms. The van der Waals surface area contributed by atoms with Crippen LogP contribution in [0.25, 0.3) is 0 Å². The highest BCUT2D eigenvalue weighted by Gasteiger charge is 2.23. The Kier molecular flexibility index (Phi) is 5.90. The van der Waals surface area contributed by atoms with Crippen LogP contribution in [0.15, 0.2) is 24.3 Å². The third kappa shape index (κ3) is 3.76. The normalized spacial score (nSPS) is 18.2. The van der Waals surface area contributed by atoms with Crippen LogP contribution in [-0.2, 0) is 6.42 Å². The number of benzene rings is 1. The first-order chi connectivity index (χ1) is 9.74. The van der Waals surface area contributed by atoms with Crippen molar-refractivity contribution in [3.63, 3.8) is 0 Å². The number of fused-ring (bicyclic) bond motifs is 1. The molecular weight excluding hydrogens is 244 g/mol. The summed E-state index contributed by atoms with van der Waals surface area (Å²) in [6.07, 6.45) is 5.09. The van der Waals surface area contributed by atoms with E-state index < -0.39 is 0 Å². The minimum absolute atomic E-state index is 0.596. The van der Waals surface area contributed by atoms with E-state index in [1.165, 1.54) is 43.5 Å². The number of aryl methyl sites for hydroxylation is 1. The van der Waals surface area contributed by atoms with Crippen LogP contribution < -0.4 is 10.2 Å². The summed E-state index contributed by atoms with van der Waals surface area (Å²) < 4.78 is 0. The van der Waals surface area contributed by atoms with Gasteiger partial charge in [0.2, 0.25) is 0 Å². The van der Waals surface area contributed by atoms with Crippen LogP contribution >= 0.6 is 0 Å². The Morgan fingerprint density at radius 3 is 2.80 bits per heavy atom. The smallest absolute Gasteiger partial charge is 0.0401 e. The molecule has 0 amide bonds. The third-order valence-corrected chi connectivity index (χ3v) is 4.60. The Hall–Kier alpha value is -1.02. The van der Waals surface area contributed by atoms with Crippen LogP contribution in [0.2, 0.25) is 0 Å². The first-order valence-corrected chi connectivity index (χ1v) is 8.29. The Balaban J connectivity index is 2.06. The number of nitrogens with one attached hydrogen (secondary N) is 1. The molecule has 2 rings (SSSR count). The number of para-hydroxylation sites is 1. The summed E-state index contributed by atoms with van der Waals surface area (Å²) >= 11 is 0. The second kappa shape index (κ2) is 7.68. The van der Waals surface area contributed by atoms with Crippen LogP contribution in [0.3, 0.4) is 0 Å². The lowest BCUT2D eigenvalue weighted by molar-refractivity contribution is 0.419. The van der Waals surface area contributed by atoms with E-state index in [2.05, 4.69) is 55.3 Å². The molecule has 1 aliphatic rings. The molecule has 1 aromatic carbocycles. The molecule has 0 aliphatic carbocycles. The van der Waals surface area contributed by atoms with E-state index in [0.717, 1.165) is 13.1 Å². The standard InChI is InChI=1S/C18H30N2/c1-4-12-19-14-15(2)16(3)20-13-8-7-10-17-9-5-6-11-18(17)20/h5-6,9,11,15-16,19H,4,7-8,10,12-14H2,1-3H3. The van der Waals surface area contributed by atoms with Crippen molar-refractivity contribution < 1.29 is 0 Å². The van der Waals surface area contributed by atoms with E-state index in [1.54, 1.807) is 0 Å². The lowest BCUT2D eigenvalue weighted by atomic mass is 10.00. The van der Waals surface area contributed by atoms with Crippen LogP contribution in [0, 0.1) is 5.92 Å². The molecule has 1 N–H and O–H groups in total. The molecule has 1 aromatic rings. The van der Waals surface area contributed by atoms with Crippen LogP contribution in [0.4, 0.5) is 5.69 Å². The van der Waals surface area contributed by atoms with Gasteiger partial charge in [0, 0.05) is 18.3 Å². The Bertz CT molecular complexity index is 402. The minimum Gasteiger partial charge on any atom is -0.368 e. The van der Waals surface area contributed by atoms with Crippen molar-refractivity contribution in [3.8, 4) is 0 Å². The average Bonchev–Trinajstić information content (AvgIpc) is 2.69. The first-order valence-electron chi connectivity index (χ1n) is 8.29. The summed E-state index contributed by atoms with van der Waals surface area (Å²) in [5, 5.41) is 3.57. The maximum absolute atomic E-state index is 3.57. The molecule has 20 heavy (non-hydrogen) atoms. The molecular formula is C18H30N2. The van der Waals surface area contributed by atoms with Gasteiger partial charge in [-0.15, -0.1) is 0 Å². The molecule has 2 unspecified atom stereocenters. The molecule has 2 heteroatoms. The van der Waals surface area contributed by atoms with Crippen LogP contribution in [-0.4, -0.2) is 25.7 Å². The average molecular weight is 274 g/mol. The van der Waals surface area contributed by atoms with Gasteiger partial charge in [-0.05, 0) is 63.2 Å². The SMILES string of the molecule is CCCNCC(C)C(C)N1CCCCc2ccccc21. The van der Waals surface area contributed by atoms with Gasteiger partial charge < -0.3 is 10.2 Å². The quantitative estimate of drug-likeness (QED) is 0.793. The number of hydrogen-bond acceptors (Lipinski definition) is 2. The summed E-state index contributed by atoms with van der Waals surface area (Å²) in [7, 11) is 0. The summed E-state index contributed by atoms with van der Waals surface area (Å²) in [5.74, 6) is 0.674. The van der Waals surface area contributed by atoms with Crippen molar-refractivity contribution in [1.82, 2.24) is 5.32 Å². The van der Waals surface area contributed by atoms with Crippen molar-refractivity contribution in [2.24, 2.45) is 5.92 Å². The van der Waals surface area contributed by atoms with Gasteiger partial charge in [-0.3, -0.25) is 0 Å². The predicted octanol–water partition coefficient (Wildman–Crippen LogP) is 3.85. The Morgan fingerprint density at radius 2 is 2.00 bits per heavy atom. The van der Waals surface area contributed by atoms with Gasteiger partial charge in [-0.25, -0.2) is 0 Å². The van der Waals surface area contributed by atoms with Crippen LogP contribution in [0.1, 0.15) is 45.6 Å². The summed E-state index contributed by atoms with van der Waals surface area (Å²) in [4.78, 5) is 2.64. The Morgan fingerprint density at radius 1 is 1.20 bits per heavy atom. The summed E-state index contributed by atoms with van der Waals surface area (Å²) in [6, 6.07) is 9.57.